The van der Waals surface area contributed by atoms with E-state index in [0.717, 1.165) is 34.6 Å². The number of ketones is 1. The smallest absolute Gasteiger partial charge is 0.155 e. The van der Waals surface area contributed by atoms with E-state index in [2.05, 4.69) is 33.2 Å². The number of allylic oxidation sites excluding steroid dienone is 2. The van der Waals surface area contributed by atoms with Crippen molar-refractivity contribution in [1.29, 1.82) is 0 Å². The summed E-state index contributed by atoms with van der Waals surface area (Å²) in [6.45, 7) is 2.85. The van der Waals surface area contributed by atoms with Crippen LogP contribution >= 0.6 is 0 Å². The number of pyridine rings is 3. The van der Waals surface area contributed by atoms with Gasteiger partial charge in [0.25, 0.3) is 0 Å². The summed E-state index contributed by atoms with van der Waals surface area (Å²) < 4.78 is 50.9. The maximum atomic E-state index is 13.2. The van der Waals surface area contributed by atoms with Gasteiger partial charge in [-0.15, -0.1) is 71.8 Å². The first kappa shape index (κ1) is 46.0. The molecular weight excluding hydrogens is 1180 g/mol. The summed E-state index contributed by atoms with van der Waals surface area (Å²) in [4.78, 5) is 22.2. The van der Waals surface area contributed by atoms with Crippen LogP contribution in [0.3, 0.4) is 0 Å². The molecule has 0 aliphatic carbocycles. The molecule has 0 spiro atoms. The number of rotatable bonds is 4. The first-order valence-corrected chi connectivity index (χ1v) is 14.0. The van der Waals surface area contributed by atoms with Crippen molar-refractivity contribution in [2.45, 2.75) is 13.8 Å². The second kappa shape index (κ2) is 25.0. The van der Waals surface area contributed by atoms with E-state index in [0.29, 0.717) is 5.69 Å². The van der Waals surface area contributed by atoms with Crippen LogP contribution in [-0.4, -0.2) is 25.8 Å². The zero-order valence-electron chi connectivity index (χ0n) is 26.3. The van der Waals surface area contributed by atoms with E-state index >= 15 is 0 Å². The van der Waals surface area contributed by atoms with Crippen molar-refractivity contribution in [2.24, 2.45) is 0 Å². The normalized spacial score (nSPS) is 9.60. The van der Waals surface area contributed by atoms with Gasteiger partial charge in [0, 0.05) is 108 Å². The van der Waals surface area contributed by atoms with Gasteiger partial charge in [-0.05, 0) is 49.1 Å². The monoisotopic (exact) mass is 1210 g/mol. The molecule has 1 N–H and O–H groups in total. The Labute approximate surface area is 329 Å². The molecule has 50 heavy (non-hydrogen) atoms. The molecule has 0 aliphatic rings. The molecule has 6 aromatic rings. The van der Waals surface area contributed by atoms with Crippen molar-refractivity contribution in [2.75, 3.05) is 0 Å². The number of aromatic nitrogens is 3. The Kier molecular flexibility index (Phi) is 23.0. The maximum absolute atomic E-state index is 13.2. The van der Waals surface area contributed by atoms with Crippen molar-refractivity contribution >= 4 is 5.78 Å². The Hall–Kier alpha value is -4.01. The van der Waals surface area contributed by atoms with Gasteiger partial charge in [0.1, 0.15) is 0 Å². The summed E-state index contributed by atoms with van der Waals surface area (Å²) in [5.74, 6) is -1.90. The minimum atomic E-state index is -0.649. The molecule has 0 saturated heterocycles. The van der Waals surface area contributed by atoms with Gasteiger partial charge in [0.05, 0.1) is 5.76 Å². The van der Waals surface area contributed by atoms with Crippen LogP contribution in [0.2, 0.25) is 0 Å². The Morgan fingerprint density at radius 2 is 1.02 bits per heavy atom. The molecule has 0 saturated carbocycles. The summed E-state index contributed by atoms with van der Waals surface area (Å²) >= 11 is 0. The van der Waals surface area contributed by atoms with Crippen LogP contribution in [0.25, 0.3) is 33.8 Å². The zero-order chi connectivity index (χ0) is 34.0. The molecule has 0 atom stereocenters. The molecule has 3 radical (unpaired) electrons. The number of carbonyl (C=O) groups excluding carboxylic acids is 1. The van der Waals surface area contributed by atoms with Crippen molar-refractivity contribution < 1.29 is 87.8 Å². The molecule has 12 heteroatoms. The molecule has 3 aromatic carbocycles. The Morgan fingerprint density at radius 1 is 0.600 bits per heavy atom. The summed E-state index contributed by atoms with van der Waals surface area (Å²) in [5, 5.41) is 8.36. The average Bonchev–Trinajstić information content (AvgIpc) is 3.07. The van der Waals surface area contributed by atoms with Gasteiger partial charge in [-0.25, -0.2) is 0 Å². The predicted molar refractivity (Wildman–Crippen MR) is 172 cm³/mol. The van der Waals surface area contributed by atoms with Crippen molar-refractivity contribution in [3.63, 3.8) is 0 Å². The van der Waals surface area contributed by atoms with Crippen molar-refractivity contribution in [1.82, 2.24) is 15.0 Å². The molecule has 5 nitrogen and oxygen atoms in total. The van der Waals surface area contributed by atoms with E-state index in [1.165, 1.54) is 44.2 Å². The van der Waals surface area contributed by atoms with Crippen molar-refractivity contribution in [3.05, 3.63) is 175 Å². The van der Waals surface area contributed by atoms with Crippen LogP contribution in [-0.2, 0) is 65.1 Å². The fraction of sp³-hybridized carbons (Fsp3) is 0.0526. The number of aliphatic hydroxyl groups excluding tert-OH is 1. The number of hydrogen-bond donors (Lipinski definition) is 1. The quantitative estimate of drug-likeness (QED) is 0.0826. The van der Waals surface area contributed by atoms with Gasteiger partial charge in [-0.3, -0.25) is 22.4 Å². The van der Waals surface area contributed by atoms with E-state index in [1.807, 2.05) is 36.4 Å². The minimum absolute atomic E-state index is 0. The van der Waals surface area contributed by atoms with E-state index in [4.69, 9.17) is 5.11 Å². The van der Waals surface area contributed by atoms with Crippen LogP contribution in [0.15, 0.2) is 134 Å². The second-order valence-corrected chi connectivity index (χ2v) is 9.42. The van der Waals surface area contributed by atoms with E-state index < -0.39 is 11.6 Å². The summed E-state index contributed by atoms with van der Waals surface area (Å²) in [6, 6.07) is 35.1. The van der Waals surface area contributed by atoms with Gasteiger partial charge in [-0.1, -0.05) is 48.0 Å². The Morgan fingerprint density at radius 3 is 1.32 bits per heavy atom. The molecular formula is C38H28F4Ir3N3O2-3. The fourth-order valence-corrected chi connectivity index (χ4v) is 3.62. The molecule has 0 bridgehead atoms. The predicted octanol–water partition coefficient (Wildman–Crippen LogP) is 9.23. The summed E-state index contributed by atoms with van der Waals surface area (Å²) in [7, 11) is 0. The molecule has 6 rings (SSSR count). The third-order valence-corrected chi connectivity index (χ3v) is 5.62. The molecule has 0 fully saturated rings. The third kappa shape index (κ3) is 17.1. The Balaban J connectivity index is 0.000000643. The molecule has 0 aliphatic heterocycles. The van der Waals surface area contributed by atoms with Crippen LogP contribution in [0.1, 0.15) is 13.8 Å². The number of benzene rings is 3. The van der Waals surface area contributed by atoms with Crippen LogP contribution < -0.4 is 0 Å². The number of hydrogen-bond acceptors (Lipinski definition) is 5. The number of aliphatic hydroxyl groups is 1. The third-order valence-electron chi connectivity index (χ3n) is 5.62. The van der Waals surface area contributed by atoms with E-state index in [-0.39, 0.29) is 89.1 Å². The SMILES string of the molecule is CC(=O)C=C(C)O.Fc1c[c-]c(-c2ccccn2)c(F)c1.Fc1c[c-]c(-c2ccccn2)cc1.Fc1c[c-]c(-c2ccccn2)cc1.[Ir].[Ir].[Ir]. The molecule has 3 heterocycles. The molecule has 0 unspecified atom stereocenters. The molecule has 265 valence electrons. The standard InChI is InChI=1S/C11H6F2N.2C11H7FN.C5H8O2.3Ir/c12-8-4-5-9(10(13)7-8)11-3-1-2-6-14-11;2*12-10-6-4-9(5-7-10)11-3-1-2-8-13-11;1-4(6)3-5(2)7;;;/h1-4,6-7H;2*1-4,6-8H;3,6H,1-2H3;;;/q3*-1;;;;. The topological polar surface area (TPSA) is 76.0 Å². The van der Waals surface area contributed by atoms with Crippen LogP contribution in [0.5, 0.6) is 0 Å². The first-order valence-electron chi connectivity index (χ1n) is 14.0. The van der Waals surface area contributed by atoms with Gasteiger partial charge < -0.3 is 20.1 Å². The zero-order valence-corrected chi connectivity index (χ0v) is 33.5. The maximum Gasteiger partial charge on any atom is 0.155 e. The first-order chi connectivity index (χ1) is 22.6. The number of halogens is 4. The van der Waals surface area contributed by atoms with Gasteiger partial charge in [0.2, 0.25) is 0 Å². The number of carbonyl (C=O) groups is 1. The van der Waals surface area contributed by atoms with Crippen LogP contribution in [0, 0.1) is 41.5 Å². The van der Waals surface area contributed by atoms with Crippen LogP contribution in [0.4, 0.5) is 17.6 Å². The molecule has 3 aromatic heterocycles. The summed E-state index contributed by atoms with van der Waals surface area (Å²) in [5.41, 5.74) is 3.87. The minimum Gasteiger partial charge on any atom is -0.512 e. The largest absolute Gasteiger partial charge is 0.512 e. The molecule has 0 amide bonds. The second-order valence-electron chi connectivity index (χ2n) is 9.42. The van der Waals surface area contributed by atoms with Gasteiger partial charge in [-0.2, -0.15) is 0 Å². The average molecular weight is 1210 g/mol. The summed E-state index contributed by atoms with van der Waals surface area (Å²) in [6.07, 6.45) is 6.12. The van der Waals surface area contributed by atoms with E-state index in [1.54, 1.807) is 48.9 Å². The van der Waals surface area contributed by atoms with Crippen molar-refractivity contribution in [3.8, 4) is 33.8 Å². The van der Waals surface area contributed by atoms with Gasteiger partial charge >= 0.3 is 0 Å². The fourth-order valence-electron chi connectivity index (χ4n) is 3.62. The Bertz CT molecular complexity index is 1770. The van der Waals surface area contributed by atoms with E-state index in [9.17, 15) is 22.4 Å². The number of nitrogens with zero attached hydrogens (tertiary/aromatic N) is 3. The van der Waals surface area contributed by atoms with Gasteiger partial charge in [0.15, 0.2) is 5.78 Å².